The molecule has 1 rings (SSSR count). The summed E-state index contributed by atoms with van der Waals surface area (Å²) in [5.41, 5.74) is 17.3. The fourth-order valence-electron chi connectivity index (χ4n) is 3.47. The van der Waals surface area contributed by atoms with Gasteiger partial charge in [0.1, 0.15) is 18.1 Å². The number of carbonyl (C=O) groups is 6. The molecular formula is C24H36N6O8. The lowest BCUT2D eigenvalue weighted by atomic mass is 10.0. The predicted octanol–water partition coefficient (Wildman–Crippen LogP) is -2.04. The van der Waals surface area contributed by atoms with Gasteiger partial charge in [0.05, 0.1) is 12.5 Å². The molecule has 0 aromatic heterocycles. The van der Waals surface area contributed by atoms with Crippen LogP contribution in [-0.2, 0) is 35.2 Å². The van der Waals surface area contributed by atoms with Crippen LogP contribution in [0, 0.1) is 0 Å². The maximum Gasteiger partial charge on any atom is 0.326 e. The minimum absolute atomic E-state index is 0.0443. The Kier molecular flexibility index (Phi) is 14.0. The van der Waals surface area contributed by atoms with Crippen molar-refractivity contribution in [3.63, 3.8) is 0 Å². The molecule has 0 saturated carbocycles. The predicted molar refractivity (Wildman–Crippen MR) is 135 cm³/mol. The van der Waals surface area contributed by atoms with Crippen molar-refractivity contribution in [2.75, 3.05) is 6.54 Å². The first-order valence-electron chi connectivity index (χ1n) is 12.1. The Morgan fingerprint density at radius 1 is 0.789 bits per heavy atom. The summed E-state index contributed by atoms with van der Waals surface area (Å²) >= 11 is 0. The molecule has 14 nitrogen and oxygen atoms in total. The van der Waals surface area contributed by atoms with E-state index >= 15 is 0 Å². The van der Waals surface area contributed by atoms with Crippen LogP contribution in [0.4, 0.5) is 0 Å². The van der Waals surface area contributed by atoms with Crippen LogP contribution in [0.5, 0.6) is 0 Å². The van der Waals surface area contributed by atoms with Crippen LogP contribution in [0.25, 0.3) is 0 Å². The maximum absolute atomic E-state index is 13.0. The van der Waals surface area contributed by atoms with Crippen molar-refractivity contribution in [1.82, 2.24) is 16.0 Å². The summed E-state index contributed by atoms with van der Waals surface area (Å²) in [7, 11) is 0. The van der Waals surface area contributed by atoms with Gasteiger partial charge in [0, 0.05) is 6.42 Å². The van der Waals surface area contributed by atoms with Gasteiger partial charge in [-0.1, -0.05) is 30.3 Å². The molecule has 0 aliphatic carbocycles. The van der Waals surface area contributed by atoms with Crippen LogP contribution in [0.2, 0.25) is 0 Å². The number of benzene rings is 1. The normalized spacial score (nSPS) is 13.8. The molecule has 4 unspecified atom stereocenters. The second-order valence-electron chi connectivity index (χ2n) is 8.71. The van der Waals surface area contributed by atoms with Crippen molar-refractivity contribution in [3.05, 3.63) is 35.9 Å². The number of carboxylic acids is 2. The number of nitrogens with one attached hydrogen (secondary N) is 3. The molecule has 0 radical (unpaired) electrons. The molecule has 4 atom stereocenters. The molecule has 0 aliphatic rings. The highest BCUT2D eigenvalue weighted by molar-refractivity contribution is 5.95. The third-order valence-electron chi connectivity index (χ3n) is 5.52. The second-order valence-corrected chi connectivity index (χ2v) is 8.71. The van der Waals surface area contributed by atoms with Crippen LogP contribution in [0.15, 0.2) is 30.3 Å². The van der Waals surface area contributed by atoms with Gasteiger partial charge in [0.25, 0.3) is 0 Å². The number of rotatable bonds is 18. The molecule has 0 saturated heterocycles. The van der Waals surface area contributed by atoms with E-state index in [1.807, 2.05) is 0 Å². The molecule has 1 aromatic rings. The van der Waals surface area contributed by atoms with E-state index in [4.69, 9.17) is 17.2 Å². The molecular weight excluding hydrogens is 500 g/mol. The third-order valence-corrected chi connectivity index (χ3v) is 5.52. The van der Waals surface area contributed by atoms with Gasteiger partial charge in [-0.25, -0.2) is 4.79 Å². The van der Waals surface area contributed by atoms with Crippen molar-refractivity contribution in [2.24, 2.45) is 17.2 Å². The Morgan fingerprint density at radius 2 is 1.37 bits per heavy atom. The Hall–Kier alpha value is -4.04. The van der Waals surface area contributed by atoms with Crippen molar-refractivity contribution in [1.29, 1.82) is 0 Å². The lowest BCUT2D eigenvalue weighted by Crippen LogP contribution is -2.57. The van der Waals surface area contributed by atoms with E-state index in [-0.39, 0.29) is 25.7 Å². The van der Waals surface area contributed by atoms with Gasteiger partial charge >= 0.3 is 11.9 Å². The molecule has 0 aliphatic heterocycles. The highest BCUT2D eigenvalue weighted by Crippen LogP contribution is 2.06. The van der Waals surface area contributed by atoms with E-state index in [1.54, 1.807) is 30.3 Å². The van der Waals surface area contributed by atoms with Crippen LogP contribution >= 0.6 is 0 Å². The van der Waals surface area contributed by atoms with Gasteiger partial charge in [-0.2, -0.15) is 0 Å². The standard InChI is InChI=1S/C24H36N6O8/c25-11-5-4-8-17(24(37)38)29-23(36)18(13-20(32)33)30-22(35)16(9-10-19(27)31)28-21(34)15(26)12-14-6-2-1-3-7-14/h1-3,6-7,15-18H,4-5,8-13,25-26H2,(H2,27,31)(H,28,34)(H,29,36)(H,30,35)(H,32,33)(H,37,38). The fraction of sp³-hybridized carbons (Fsp3) is 0.500. The summed E-state index contributed by atoms with van der Waals surface area (Å²) < 4.78 is 0. The van der Waals surface area contributed by atoms with Crippen LogP contribution < -0.4 is 33.2 Å². The maximum atomic E-state index is 13.0. The number of aliphatic carboxylic acids is 2. The minimum atomic E-state index is -1.66. The monoisotopic (exact) mass is 536 g/mol. The summed E-state index contributed by atoms with van der Waals surface area (Å²) in [6.45, 7) is 0.325. The molecule has 11 N–H and O–H groups in total. The van der Waals surface area contributed by atoms with Gasteiger partial charge < -0.3 is 43.4 Å². The van der Waals surface area contributed by atoms with E-state index in [2.05, 4.69) is 16.0 Å². The van der Waals surface area contributed by atoms with Gasteiger partial charge in [0.15, 0.2) is 0 Å². The Balaban J connectivity index is 2.98. The first-order chi connectivity index (χ1) is 17.9. The summed E-state index contributed by atoms with van der Waals surface area (Å²) in [6, 6.07) is 3.44. The number of unbranched alkanes of at least 4 members (excludes halogenated alkanes) is 1. The third kappa shape index (κ3) is 12.3. The quantitative estimate of drug-likeness (QED) is 0.0953. The number of amides is 4. The average molecular weight is 537 g/mol. The molecule has 210 valence electrons. The smallest absolute Gasteiger partial charge is 0.326 e. The number of carboxylic acid groups (broad SMARTS) is 2. The SMILES string of the molecule is NCCCCC(NC(=O)C(CC(=O)O)NC(=O)C(CCC(N)=O)NC(=O)C(N)Cc1ccccc1)C(=O)O. The number of hydrogen-bond acceptors (Lipinski definition) is 8. The van der Waals surface area contributed by atoms with Crippen molar-refractivity contribution < 1.29 is 39.0 Å². The first-order valence-corrected chi connectivity index (χ1v) is 12.1. The zero-order chi connectivity index (χ0) is 28.7. The lowest BCUT2D eigenvalue weighted by Gasteiger charge is -2.24. The molecule has 14 heteroatoms. The van der Waals surface area contributed by atoms with Crippen molar-refractivity contribution in [3.8, 4) is 0 Å². The van der Waals surface area contributed by atoms with E-state index in [1.165, 1.54) is 0 Å². The summed E-state index contributed by atoms with van der Waals surface area (Å²) in [4.78, 5) is 72.5. The van der Waals surface area contributed by atoms with Crippen LogP contribution in [0.1, 0.15) is 44.1 Å². The first kappa shape index (κ1) is 32.0. The van der Waals surface area contributed by atoms with Crippen molar-refractivity contribution >= 4 is 35.6 Å². The van der Waals surface area contributed by atoms with Gasteiger partial charge in [0.2, 0.25) is 23.6 Å². The van der Waals surface area contributed by atoms with Gasteiger partial charge in [-0.05, 0) is 44.2 Å². The Morgan fingerprint density at radius 3 is 1.92 bits per heavy atom. The van der Waals surface area contributed by atoms with E-state index in [0.29, 0.717) is 19.4 Å². The highest BCUT2D eigenvalue weighted by atomic mass is 16.4. The average Bonchev–Trinajstić information content (AvgIpc) is 2.85. The zero-order valence-electron chi connectivity index (χ0n) is 20.9. The Bertz CT molecular complexity index is 974. The lowest BCUT2D eigenvalue weighted by molar-refractivity contribution is -0.143. The van der Waals surface area contributed by atoms with Crippen molar-refractivity contribution in [2.45, 2.75) is 69.1 Å². The topological polar surface area (TPSA) is 257 Å². The van der Waals surface area contributed by atoms with Crippen LogP contribution in [-0.4, -0.2) is 76.5 Å². The van der Waals surface area contributed by atoms with E-state index in [0.717, 1.165) is 5.56 Å². The Labute approximate surface area is 219 Å². The number of carbonyl (C=O) groups excluding carboxylic acids is 4. The summed E-state index contributed by atoms with van der Waals surface area (Å²) in [5.74, 6) is -6.27. The fourth-order valence-corrected chi connectivity index (χ4v) is 3.47. The number of hydrogen-bond donors (Lipinski definition) is 8. The number of nitrogens with two attached hydrogens (primary N) is 3. The van der Waals surface area contributed by atoms with Gasteiger partial charge in [-0.3, -0.25) is 24.0 Å². The molecule has 4 amide bonds. The number of primary amides is 1. The summed E-state index contributed by atoms with van der Waals surface area (Å²) in [6.07, 6.45) is -0.300. The van der Waals surface area contributed by atoms with Crippen LogP contribution in [0.3, 0.4) is 0 Å². The molecule has 38 heavy (non-hydrogen) atoms. The molecule has 0 spiro atoms. The second kappa shape index (κ2) is 16.7. The largest absolute Gasteiger partial charge is 0.481 e. The zero-order valence-corrected chi connectivity index (χ0v) is 20.9. The molecule has 0 fully saturated rings. The van der Waals surface area contributed by atoms with Gasteiger partial charge in [-0.15, -0.1) is 0 Å². The highest BCUT2D eigenvalue weighted by Gasteiger charge is 2.31. The molecule has 0 heterocycles. The van der Waals surface area contributed by atoms with E-state index < -0.39 is 66.2 Å². The minimum Gasteiger partial charge on any atom is -0.481 e. The van der Waals surface area contributed by atoms with E-state index in [9.17, 15) is 39.0 Å². The molecule has 0 bridgehead atoms. The molecule has 1 aromatic carbocycles. The summed E-state index contributed by atoms with van der Waals surface area (Å²) in [5, 5.41) is 25.5.